The molecule has 0 radical (unpaired) electrons. The largest absolute Gasteiger partial charge is 0.384 e. The summed E-state index contributed by atoms with van der Waals surface area (Å²) < 4.78 is 0. The second-order valence-corrected chi connectivity index (χ2v) is 15.7. The number of hydrogen-bond donors (Lipinski definition) is 1. The van der Waals surface area contributed by atoms with Crippen molar-refractivity contribution in [3.8, 4) is 0 Å². The van der Waals surface area contributed by atoms with Crippen LogP contribution < -0.4 is 9.80 Å². The number of anilines is 4. The van der Waals surface area contributed by atoms with Crippen molar-refractivity contribution < 1.29 is 19.5 Å². The van der Waals surface area contributed by atoms with Crippen LogP contribution in [0.2, 0.25) is 0 Å². The lowest BCUT2D eigenvalue weighted by Crippen LogP contribution is -2.58. The number of aliphatic hydroxyl groups is 1. The summed E-state index contributed by atoms with van der Waals surface area (Å²) in [5.41, 5.74) is -1.37. The van der Waals surface area contributed by atoms with Crippen molar-refractivity contribution >= 4 is 61.9 Å². The Bertz CT molecular complexity index is 2990. The first-order valence-corrected chi connectivity index (χ1v) is 19.6. The van der Waals surface area contributed by atoms with Gasteiger partial charge in [0, 0.05) is 22.8 Å². The molecular weight excluding hydrogens is 717 g/mol. The van der Waals surface area contributed by atoms with E-state index >= 15 is 14.4 Å². The lowest BCUT2D eigenvalue weighted by molar-refractivity contribution is -0.134. The van der Waals surface area contributed by atoms with E-state index in [1.54, 1.807) is 34.1 Å². The zero-order valence-corrected chi connectivity index (χ0v) is 31.3. The van der Waals surface area contributed by atoms with Gasteiger partial charge in [-0.2, -0.15) is 0 Å². The van der Waals surface area contributed by atoms with Crippen LogP contribution in [0.15, 0.2) is 194 Å². The van der Waals surface area contributed by atoms with E-state index in [9.17, 15) is 5.11 Å². The third-order valence-electron chi connectivity index (χ3n) is 13.0. The zero-order valence-electron chi connectivity index (χ0n) is 31.3. The Morgan fingerprint density at radius 2 is 0.931 bits per heavy atom. The molecule has 6 heteroatoms. The van der Waals surface area contributed by atoms with Gasteiger partial charge in [-0.05, 0) is 51.7 Å². The summed E-state index contributed by atoms with van der Waals surface area (Å²) in [4.78, 5) is 52.3. The molecule has 1 aliphatic carbocycles. The molecule has 278 valence electrons. The van der Waals surface area contributed by atoms with E-state index in [1.165, 1.54) is 0 Å². The predicted octanol–water partition coefficient (Wildman–Crippen LogP) is 10.3. The number of nitrogens with zero attached hydrogens (tertiary/aromatic N) is 2. The normalized spacial score (nSPS) is 23.3. The van der Waals surface area contributed by atoms with E-state index in [0.29, 0.717) is 45.0 Å². The van der Waals surface area contributed by atoms with Gasteiger partial charge in [-0.3, -0.25) is 24.2 Å². The Hall–Kier alpha value is -7.15. The van der Waals surface area contributed by atoms with E-state index in [0.717, 1.165) is 21.5 Å². The SMILES string of the molecule is O=C(c1ccccc1)[C@H]1[C@@]2(C(=O)N(c3cccc4ccccc34)c3ccccc32)[C@@](O)(c2ccccc2)C[C@]12C(=O)N(c1cccc3ccccc13)c1ccccc12. The molecule has 1 saturated carbocycles. The molecule has 2 spiro atoms. The molecule has 11 rings (SSSR count). The number of carbonyl (C=O) groups is 3. The molecule has 0 saturated heterocycles. The maximum atomic E-state index is 16.5. The lowest BCUT2D eigenvalue weighted by atomic mass is 9.58. The molecule has 8 aromatic carbocycles. The van der Waals surface area contributed by atoms with E-state index in [2.05, 4.69) is 0 Å². The highest BCUT2D eigenvalue weighted by Gasteiger charge is 2.82. The number of carbonyl (C=O) groups excluding carboxylic acids is 3. The number of Topliss-reactive ketones (excluding diaryl/α,β-unsaturated/α-hetero) is 1. The molecule has 4 atom stereocenters. The van der Waals surface area contributed by atoms with Crippen molar-refractivity contribution in [2.45, 2.75) is 22.9 Å². The first kappa shape index (κ1) is 34.1. The fraction of sp³-hybridized carbons (Fsp3) is 0.0962. The molecule has 8 aromatic rings. The molecule has 2 aliphatic heterocycles. The first-order chi connectivity index (χ1) is 28.4. The van der Waals surface area contributed by atoms with Crippen molar-refractivity contribution in [1.29, 1.82) is 0 Å². The highest BCUT2D eigenvalue weighted by molar-refractivity contribution is 6.25. The van der Waals surface area contributed by atoms with E-state index in [4.69, 9.17) is 0 Å². The average Bonchev–Trinajstić information content (AvgIpc) is 3.80. The third-order valence-corrected chi connectivity index (χ3v) is 13.0. The molecule has 2 amide bonds. The standard InChI is InChI=1S/C52H36N2O4/c55-46(36-19-3-1-4-20-36)47-50(40-27-11-13-29-44(40)53(48(50)56)42-31-15-21-34-17-7-9-25-38(34)42)33-51(58,37-23-5-2-6-24-37)52(47)41-28-12-14-30-45(41)54(49(52)57)43-32-16-22-35-18-8-10-26-39(35)43/h1-32,47,58H,33H2/t47-,50-,51+,52+/m1/s1. The lowest BCUT2D eigenvalue weighted by Gasteiger charge is -2.42. The third kappa shape index (κ3) is 4.27. The van der Waals surface area contributed by atoms with Gasteiger partial charge < -0.3 is 5.11 Å². The minimum Gasteiger partial charge on any atom is -0.384 e. The van der Waals surface area contributed by atoms with Crippen molar-refractivity contribution in [2.75, 3.05) is 9.80 Å². The molecule has 6 nitrogen and oxygen atoms in total. The Labute approximate surface area is 335 Å². The summed E-state index contributed by atoms with van der Waals surface area (Å²) in [6, 6.07) is 60.7. The maximum absolute atomic E-state index is 16.5. The number of ketones is 1. The number of fused-ring (bicyclic) bond motifs is 6. The predicted molar refractivity (Wildman–Crippen MR) is 228 cm³/mol. The molecule has 3 aliphatic rings. The van der Waals surface area contributed by atoms with Crippen LogP contribution >= 0.6 is 0 Å². The van der Waals surface area contributed by atoms with Gasteiger partial charge in [-0.25, -0.2) is 0 Å². The number of para-hydroxylation sites is 2. The van der Waals surface area contributed by atoms with Gasteiger partial charge in [0.25, 0.3) is 0 Å². The summed E-state index contributed by atoms with van der Waals surface area (Å²) in [6.45, 7) is 0. The summed E-state index contributed by atoms with van der Waals surface area (Å²) in [5.74, 6) is -2.61. The number of rotatable bonds is 5. The Morgan fingerprint density at radius 1 is 0.483 bits per heavy atom. The van der Waals surface area contributed by atoms with Crippen LogP contribution in [-0.4, -0.2) is 22.7 Å². The zero-order chi connectivity index (χ0) is 39.2. The molecule has 1 N–H and O–H groups in total. The van der Waals surface area contributed by atoms with Gasteiger partial charge in [0.1, 0.15) is 11.0 Å². The molecule has 0 unspecified atom stereocenters. The number of hydrogen-bond acceptors (Lipinski definition) is 4. The van der Waals surface area contributed by atoms with Gasteiger partial charge in [0.2, 0.25) is 11.8 Å². The fourth-order valence-corrected chi connectivity index (χ4v) is 10.8. The maximum Gasteiger partial charge on any atom is 0.246 e. The van der Waals surface area contributed by atoms with Crippen LogP contribution in [0.4, 0.5) is 22.7 Å². The fourth-order valence-electron chi connectivity index (χ4n) is 10.8. The summed E-state index contributed by atoms with van der Waals surface area (Å²) >= 11 is 0. The van der Waals surface area contributed by atoms with Crippen LogP contribution in [0.3, 0.4) is 0 Å². The van der Waals surface area contributed by atoms with Crippen LogP contribution in [0.5, 0.6) is 0 Å². The van der Waals surface area contributed by atoms with Gasteiger partial charge in [-0.15, -0.1) is 0 Å². The van der Waals surface area contributed by atoms with Gasteiger partial charge in [0.05, 0.1) is 34.1 Å². The number of amides is 2. The van der Waals surface area contributed by atoms with Gasteiger partial charge in [-0.1, -0.05) is 170 Å². The van der Waals surface area contributed by atoms with Crippen LogP contribution in [0.25, 0.3) is 21.5 Å². The van der Waals surface area contributed by atoms with E-state index < -0.39 is 34.0 Å². The molecule has 0 aromatic heterocycles. The summed E-state index contributed by atoms with van der Waals surface area (Å²) in [7, 11) is 0. The minimum atomic E-state index is -2.06. The Kier molecular flexibility index (Phi) is 7.31. The Morgan fingerprint density at radius 3 is 1.55 bits per heavy atom. The van der Waals surface area contributed by atoms with Crippen LogP contribution in [0.1, 0.15) is 33.5 Å². The van der Waals surface area contributed by atoms with Gasteiger partial charge in [0.15, 0.2) is 5.78 Å². The molecule has 0 bridgehead atoms. The molecule has 58 heavy (non-hydrogen) atoms. The second kappa shape index (κ2) is 12.4. The average molecular weight is 753 g/mol. The van der Waals surface area contributed by atoms with Crippen molar-refractivity contribution in [2.24, 2.45) is 5.92 Å². The van der Waals surface area contributed by atoms with Crippen molar-refractivity contribution in [3.63, 3.8) is 0 Å². The quantitative estimate of drug-likeness (QED) is 0.178. The van der Waals surface area contributed by atoms with E-state index in [-0.39, 0.29) is 12.3 Å². The van der Waals surface area contributed by atoms with Crippen LogP contribution in [0, 0.1) is 5.92 Å². The molecule has 1 fully saturated rings. The highest BCUT2D eigenvalue weighted by Crippen LogP contribution is 2.72. The summed E-state index contributed by atoms with van der Waals surface area (Å²) in [5, 5.41) is 17.8. The topological polar surface area (TPSA) is 77.9 Å². The van der Waals surface area contributed by atoms with E-state index in [1.807, 2.05) is 170 Å². The smallest absolute Gasteiger partial charge is 0.246 e. The monoisotopic (exact) mass is 752 g/mol. The summed E-state index contributed by atoms with van der Waals surface area (Å²) in [6.07, 6.45) is -0.228. The van der Waals surface area contributed by atoms with Crippen molar-refractivity contribution in [1.82, 2.24) is 0 Å². The number of benzene rings is 8. The Balaban J connectivity index is 1.27. The highest BCUT2D eigenvalue weighted by atomic mass is 16.3. The van der Waals surface area contributed by atoms with Gasteiger partial charge >= 0.3 is 0 Å². The van der Waals surface area contributed by atoms with Crippen molar-refractivity contribution in [3.05, 3.63) is 216 Å². The molecular formula is C52H36N2O4. The molecule has 2 heterocycles. The van der Waals surface area contributed by atoms with Crippen LogP contribution in [-0.2, 0) is 26.0 Å². The second-order valence-electron chi connectivity index (χ2n) is 15.7. The first-order valence-electron chi connectivity index (χ1n) is 19.6. The minimum absolute atomic E-state index is 0.228.